The molecule has 1 fully saturated rings. The van der Waals surface area contributed by atoms with Gasteiger partial charge in [-0.1, -0.05) is 37.6 Å². The monoisotopic (exact) mass is 350 g/mol. The predicted octanol–water partition coefficient (Wildman–Crippen LogP) is 3.64. The summed E-state index contributed by atoms with van der Waals surface area (Å²) in [6.45, 7) is 4.76. The van der Waals surface area contributed by atoms with Crippen molar-refractivity contribution in [2.24, 2.45) is 0 Å². The van der Waals surface area contributed by atoms with E-state index < -0.39 is 5.91 Å². The Morgan fingerprint density at radius 3 is 2.58 bits per heavy atom. The Balaban J connectivity index is 1.80. The number of carbonyl (C=O) groups excluding carboxylic acids is 2. The van der Waals surface area contributed by atoms with Crippen LogP contribution in [0.25, 0.3) is 6.08 Å². The molecule has 0 aromatic heterocycles. The first-order valence-electron chi connectivity index (χ1n) is 8.76. The smallest absolute Gasteiger partial charge is 0.282 e. The number of anilines is 1. The highest BCUT2D eigenvalue weighted by Gasteiger charge is 2.34. The molecule has 5 nitrogen and oxygen atoms in total. The molecule has 5 heteroatoms. The van der Waals surface area contributed by atoms with Crippen LogP contribution in [-0.4, -0.2) is 18.4 Å². The van der Waals surface area contributed by atoms with E-state index in [-0.39, 0.29) is 11.5 Å². The molecule has 2 amide bonds. The first-order valence-corrected chi connectivity index (χ1v) is 8.76. The molecule has 1 saturated heterocycles. The molecule has 134 valence electrons. The van der Waals surface area contributed by atoms with Gasteiger partial charge in [0.25, 0.3) is 11.8 Å². The zero-order valence-corrected chi connectivity index (χ0v) is 15.0. The van der Waals surface area contributed by atoms with Gasteiger partial charge in [-0.25, -0.2) is 5.01 Å². The maximum absolute atomic E-state index is 12.6. The minimum atomic E-state index is -0.403. The lowest BCUT2D eigenvalue weighted by molar-refractivity contribution is -0.117. The summed E-state index contributed by atoms with van der Waals surface area (Å²) in [5.74, 6) is 0.0654. The quantitative estimate of drug-likeness (QED) is 0.492. The van der Waals surface area contributed by atoms with Crippen molar-refractivity contribution in [1.82, 2.24) is 5.43 Å². The van der Waals surface area contributed by atoms with Crippen molar-refractivity contribution in [1.29, 1.82) is 0 Å². The van der Waals surface area contributed by atoms with Gasteiger partial charge >= 0.3 is 0 Å². The van der Waals surface area contributed by atoms with Gasteiger partial charge in [0.15, 0.2) is 0 Å². The number of aryl methyl sites for hydroxylation is 1. The van der Waals surface area contributed by atoms with Crippen molar-refractivity contribution in [3.8, 4) is 5.75 Å². The molecule has 0 unspecified atom stereocenters. The summed E-state index contributed by atoms with van der Waals surface area (Å²) in [5, 5.41) is 1.27. The van der Waals surface area contributed by atoms with Crippen molar-refractivity contribution in [3.63, 3.8) is 0 Å². The van der Waals surface area contributed by atoms with Gasteiger partial charge in [0.1, 0.15) is 11.3 Å². The van der Waals surface area contributed by atoms with E-state index in [1.807, 2.05) is 43.3 Å². The average Bonchev–Trinajstić information content (AvgIpc) is 2.92. The van der Waals surface area contributed by atoms with Crippen LogP contribution < -0.4 is 15.2 Å². The second kappa shape index (κ2) is 7.87. The second-order valence-electron chi connectivity index (χ2n) is 6.20. The summed E-state index contributed by atoms with van der Waals surface area (Å²) >= 11 is 0. The van der Waals surface area contributed by atoms with Crippen molar-refractivity contribution in [2.75, 3.05) is 11.6 Å². The molecule has 1 aliphatic rings. The molecule has 1 aliphatic heterocycles. The molecule has 26 heavy (non-hydrogen) atoms. The Kier molecular flexibility index (Phi) is 5.37. The number of rotatable bonds is 6. The SMILES string of the molecule is CCCCOc1ccc(C=C2C(=O)NN(c3ccccc3)C2=O)cc1C. The van der Waals surface area contributed by atoms with Gasteiger partial charge in [-0.3, -0.25) is 15.0 Å². The van der Waals surface area contributed by atoms with Crippen LogP contribution in [0.4, 0.5) is 5.69 Å². The fraction of sp³-hybridized carbons (Fsp3) is 0.238. The van der Waals surface area contributed by atoms with Crippen molar-refractivity contribution in [2.45, 2.75) is 26.7 Å². The third-order valence-electron chi connectivity index (χ3n) is 4.17. The molecule has 0 radical (unpaired) electrons. The molecule has 1 N–H and O–H groups in total. The maximum Gasteiger partial charge on any atom is 0.282 e. The highest BCUT2D eigenvalue weighted by atomic mass is 16.5. The number of ether oxygens (including phenoxy) is 1. The number of nitrogens with one attached hydrogen (secondary N) is 1. The van der Waals surface area contributed by atoms with E-state index in [0.717, 1.165) is 29.7 Å². The summed E-state index contributed by atoms with van der Waals surface area (Å²) in [5.41, 5.74) is 5.11. The van der Waals surface area contributed by atoms with E-state index >= 15 is 0 Å². The van der Waals surface area contributed by atoms with Crippen LogP contribution in [0.3, 0.4) is 0 Å². The van der Waals surface area contributed by atoms with E-state index in [0.29, 0.717) is 12.3 Å². The zero-order chi connectivity index (χ0) is 18.5. The number of amides is 2. The lowest BCUT2D eigenvalue weighted by atomic mass is 10.1. The summed E-state index contributed by atoms with van der Waals surface area (Å²) in [6.07, 6.45) is 3.71. The van der Waals surface area contributed by atoms with Crippen molar-refractivity contribution >= 4 is 23.6 Å². The van der Waals surface area contributed by atoms with Crippen LogP contribution >= 0.6 is 0 Å². The van der Waals surface area contributed by atoms with E-state index in [1.165, 1.54) is 5.01 Å². The fourth-order valence-electron chi connectivity index (χ4n) is 2.73. The standard InChI is InChI=1S/C21H22N2O3/c1-3-4-12-26-19-11-10-16(13-15(19)2)14-18-20(24)22-23(21(18)25)17-8-6-5-7-9-17/h5-11,13-14H,3-4,12H2,1-2H3,(H,22,24). The number of hydrazine groups is 1. The number of benzene rings is 2. The van der Waals surface area contributed by atoms with Gasteiger partial charge in [0.05, 0.1) is 12.3 Å². The molecular weight excluding hydrogens is 328 g/mol. The summed E-state index contributed by atoms with van der Waals surface area (Å²) in [7, 11) is 0. The van der Waals surface area contributed by atoms with Gasteiger partial charge in [-0.15, -0.1) is 0 Å². The number of carbonyl (C=O) groups is 2. The molecule has 0 saturated carbocycles. The van der Waals surface area contributed by atoms with Crippen LogP contribution in [-0.2, 0) is 9.59 Å². The normalized spacial score (nSPS) is 15.5. The lowest BCUT2D eigenvalue weighted by Crippen LogP contribution is -2.35. The van der Waals surface area contributed by atoms with Crippen LogP contribution in [0.15, 0.2) is 54.1 Å². The van der Waals surface area contributed by atoms with E-state index in [4.69, 9.17) is 4.74 Å². The van der Waals surface area contributed by atoms with Crippen molar-refractivity contribution < 1.29 is 14.3 Å². The van der Waals surface area contributed by atoms with Gasteiger partial charge < -0.3 is 4.74 Å². The molecule has 1 heterocycles. The molecule has 3 rings (SSSR count). The summed E-state index contributed by atoms with van der Waals surface area (Å²) < 4.78 is 5.74. The highest BCUT2D eigenvalue weighted by Crippen LogP contribution is 2.24. The first-order chi connectivity index (χ1) is 12.6. The average molecular weight is 350 g/mol. The van der Waals surface area contributed by atoms with Crippen LogP contribution in [0, 0.1) is 6.92 Å². The van der Waals surface area contributed by atoms with Gasteiger partial charge in [0, 0.05) is 0 Å². The first kappa shape index (κ1) is 17.7. The predicted molar refractivity (Wildman–Crippen MR) is 102 cm³/mol. The molecule has 2 aromatic carbocycles. The summed E-state index contributed by atoms with van der Waals surface area (Å²) in [6, 6.07) is 14.7. The third-order valence-corrected chi connectivity index (χ3v) is 4.17. The number of para-hydroxylation sites is 1. The molecule has 0 bridgehead atoms. The van der Waals surface area contributed by atoms with E-state index in [9.17, 15) is 9.59 Å². The Labute approximate surface area is 153 Å². The fourth-order valence-corrected chi connectivity index (χ4v) is 2.73. The van der Waals surface area contributed by atoms with Crippen molar-refractivity contribution in [3.05, 3.63) is 65.2 Å². The topological polar surface area (TPSA) is 58.6 Å². The number of hydrogen-bond donors (Lipinski definition) is 1. The van der Waals surface area contributed by atoms with E-state index in [2.05, 4.69) is 12.3 Å². The van der Waals surface area contributed by atoms with Gasteiger partial charge in [-0.2, -0.15) is 0 Å². The number of hydrogen-bond acceptors (Lipinski definition) is 3. The third kappa shape index (κ3) is 3.77. The highest BCUT2D eigenvalue weighted by molar-refractivity contribution is 6.31. The second-order valence-corrected chi connectivity index (χ2v) is 6.20. The number of nitrogens with zero attached hydrogens (tertiary/aromatic N) is 1. The van der Waals surface area contributed by atoms with Gasteiger partial charge in [-0.05, 0) is 54.8 Å². The molecule has 2 aromatic rings. The minimum Gasteiger partial charge on any atom is -0.493 e. The Bertz CT molecular complexity index is 844. The maximum atomic E-state index is 12.6. The molecule has 0 spiro atoms. The summed E-state index contributed by atoms with van der Waals surface area (Å²) in [4.78, 5) is 24.8. The minimum absolute atomic E-state index is 0.118. The largest absolute Gasteiger partial charge is 0.493 e. The number of unbranched alkanes of at least 4 members (excludes halogenated alkanes) is 1. The Hall–Kier alpha value is -3.08. The van der Waals surface area contributed by atoms with Crippen LogP contribution in [0.1, 0.15) is 30.9 Å². The molecular formula is C21H22N2O3. The molecule has 0 atom stereocenters. The molecule has 0 aliphatic carbocycles. The Morgan fingerprint density at radius 2 is 1.88 bits per heavy atom. The lowest BCUT2D eigenvalue weighted by Gasteiger charge is -2.13. The van der Waals surface area contributed by atoms with Crippen LogP contribution in [0.2, 0.25) is 0 Å². The zero-order valence-electron chi connectivity index (χ0n) is 15.0. The van der Waals surface area contributed by atoms with Crippen LogP contribution in [0.5, 0.6) is 5.75 Å². The Morgan fingerprint density at radius 1 is 1.12 bits per heavy atom. The van der Waals surface area contributed by atoms with E-state index in [1.54, 1.807) is 18.2 Å². The van der Waals surface area contributed by atoms with Gasteiger partial charge in [0.2, 0.25) is 0 Å².